The lowest BCUT2D eigenvalue weighted by atomic mass is 9.83. The average molecular weight is 453 g/mol. The van der Waals surface area contributed by atoms with Crippen LogP contribution in [0.3, 0.4) is 0 Å². The van der Waals surface area contributed by atoms with Gasteiger partial charge in [0.2, 0.25) is 0 Å². The lowest BCUT2D eigenvalue weighted by molar-refractivity contribution is -0.121. The number of ether oxygens (including phenoxy) is 5. The topological polar surface area (TPSA) is 63.2 Å². The second kappa shape index (κ2) is 10.9. The highest BCUT2D eigenvalue weighted by Crippen LogP contribution is 2.38. The zero-order valence-electron chi connectivity index (χ0n) is 20.1. The Labute approximate surface area is 195 Å². The number of methoxy groups -OCH3 is 2. The van der Waals surface area contributed by atoms with E-state index in [1.165, 1.54) is 11.8 Å². The quantitative estimate of drug-likeness (QED) is 0.469. The van der Waals surface area contributed by atoms with Crippen LogP contribution in [-0.4, -0.2) is 39.3 Å². The molecule has 0 saturated carbocycles. The van der Waals surface area contributed by atoms with Crippen LogP contribution in [-0.2, 0) is 19.0 Å². The first kappa shape index (κ1) is 24.2. The number of benzene rings is 1. The summed E-state index contributed by atoms with van der Waals surface area (Å²) in [5.74, 6) is 1.64. The van der Waals surface area contributed by atoms with Gasteiger partial charge in [-0.2, -0.15) is 0 Å². The predicted molar refractivity (Wildman–Crippen MR) is 128 cm³/mol. The summed E-state index contributed by atoms with van der Waals surface area (Å²) in [5.41, 5.74) is 3.47. The lowest BCUT2D eigenvalue weighted by Crippen LogP contribution is -2.36. The van der Waals surface area contributed by atoms with Gasteiger partial charge in [0.1, 0.15) is 36.8 Å². The molecule has 0 spiro atoms. The maximum atomic E-state index is 13.4. The predicted octanol–water partition coefficient (Wildman–Crippen LogP) is 5.38. The molecule has 0 bridgehead atoms. The summed E-state index contributed by atoms with van der Waals surface area (Å²) in [5, 5.41) is 0. The molecule has 176 valence electrons. The fourth-order valence-corrected chi connectivity index (χ4v) is 3.49. The lowest BCUT2D eigenvalue weighted by Gasteiger charge is -2.32. The van der Waals surface area contributed by atoms with Crippen LogP contribution in [0.1, 0.15) is 33.3 Å². The molecular weight excluding hydrogens is 420 g/mol. The van der Waals surface area contributed by atoms with Gasteiger partial charge in [0, 0.05) is 6.08 Å². The van der Waals surface area contributed by atoms with Crippen LogP contribution >= 0.6 is 0 Å². The Morgan fingerprint density at radius 3 is 2.24 bits per heavy atom. The number of carbonyl (C=O) groups is 1. The number of fused-ring (bicyclic) bond motifs is 1. The first-order chi connectivity index (χ1) is 15.8. The van der Waals surface area contributed by atoms with Crippen molar-refractivity contribution >= 4 is 11.4 Å². The summed E-state index contributed by atoms with van der Waals surface area (Å²) >= 11 is 0. The summed E-state index contributed by atoms with van der Waals surface area (Å²) in [4.78, 5) is 13.4. The van der Waals surface area contributed by atoms with Crippen LogP contribution in [0.15, 0.2) is 71.4 Å². The van der Waals surface area contributed by atoms with Gasteiger partial charge in [-0.3, -0.25) is 4.79 Å². The van der Waals surface area contributed by atoms with E-state index in [4.69, 9.17) is 23.7 Å². The van der Waals surface area contributed by atoms with E-state index >= 15 is 0 Å². The van der Waals surface area contributed by atoms with E-state index in [0.717, 1.165) is 5.57 Å². The molecule has 33 heavy (non-hydrogen) atoms. The molecular formula is C27H32O6. The minimum absolute atomic E-state index is 0.0841. The number of allylic oxidation sites excluding steroid dienone is 4. The molecule has 1 aliphatic heterocycles. The van der Waals surface area contributed by atoms with Crippen molar-refractivity contribution in [3.05, 3.63) is 77.0 Å². The van der Waals surface area contributed by atoms with Gasteiger partial charge in [0.25, 0.3) is 0 Å². The maximum Gasteiger partial charge on any atom is 0.181 e. The molecule has 0 N–H and O–H groups in total. The molecule has 2 unspecified atom stereocenters. The first-order valence-corrected chi connectivity index (χ1v) is 10.9. The molecule has 1 heterocycles. The molecule has 3 rings (SSSR count). The Morgan fingerprint density at radius 2 is 1.64 bits per heavy atom. The van der Waals surface area contributed by atoms with Crippen molar-refractivity contribution in [3.8, 4) is 11.5 Å². The van der Waals surface area contributed by atoms with Gasteiger partial charge in [-0.05, 0) is 63.6 Å². The largest absolute Gasteiger partial charge is 0.500 e. The van der Waals surface area contributed by atoms with Gasteiger partial charge in [-0.15, -0.1) is 0 Å². The summed E-state index contributed by atoms with van der Waals surface area (Å²) in [6, 6.07) is 5.48. The number of ketones is 1. The van der Waals surface area contributed by atoms with Crippen molar-refractivity contribution < 1.29 is 28.5 Å². The zero-order chi connectivity index (χ0) is 24.0. The summed E-state index contributed by atoms with van der Waals surface area (Å²) in [6.07, 6.45) is 8.52. The molecule has 6 heteroatoms. The molecule has 0 aromatic heterocycles. The van der Waals surface area contributed by atoms with E-state index in [-0.39, 0.29) is 5.78 Å². The first-order valence-electron chi connectivity index (χ1n) is 10.9. The molecule has 6 nitrogen and oxygen atoms in total. The van der Waals surface area contributed by atoms with E-state index in [1.54, 1.807) is 26.4 Å². The molecule has 0 amide bonds. The third-order valence-electron chi connectivity index (χ3n) is 5.33. The Bertz CT molecular complexity index is 1030. The molecule has 2 aliphatic rings. The summed E-state index contributed by atoms with van der Waals surface area (Å²) < 4.78 is 28.6. The highest BCUT2D eigenvalue weighted by molar-refractivity contribution is 6.23. The second-order valence-corrected chi connectivity index (χ2v) is 8.34. The molecule has 0 saturated heterocycles. The Hall–Kier alpha value is -3.41. The SMILES string of the molecule is COC1=CC2OC=C(c3ccc(OCC=C(C)C)c(OCC=C(C)C)c3)C(=O)C2C(OC)=C1. The molecule has 0 fully saturated rings. The van der Waals surface area contributed by atoms with Crippen LogP contribution in [0, 0.1) is 5.92 Å². The number of Topliss-reactive ketones (excluding diaryl/α,β-unsaturated/α-hetero) is 1. The van der Waals surface area contributed by atoms with Crippen LogP contribution in [0.25, 0.3) is 5.57 Å². The van der Waals surface area contributed by atoms with Crippen molar-refractivity contribution in [2.24, 2.45) is 5.92 Å². The van der Waals surface area contributed by atoms with E-state index in [1.807, 2.05) is 58.0 Å². The third kappa shape index (κ3) is 5.89. The van der Waals surface area contributed by atoms with Gasteiger partial charge in [0.15, 0.2) is 17.3 Å². The van der Waals surface area contributed by atoms with Gasteiger partial charge in [-0.25, -0.2) is 0 Å². The van der Waals surface area contributed by atoms with E-state index in [9.17, 15) is 4.79 Å². The number of carbonyl (C=O) groups excluding carboxylic acids is 1. The van der Waals surface area contributed by atoms with Gasteiger partial charge < -0.3 is 23.7 Å². The minimum atomic E-state index is -0.572. The highest BCUT2D eigenvalue weighted by Gasteiger charge is 2.41. The van der Waals surface area contributed by atoms with Crippen molar-refractivity contribution in [2.75, 3.05) is 27.4 Å². The van der Waals surface area contributed by atoms with Gasteiger partial charge in [0.05, 0.1) is 26.1 Å². The Kier molecular flexibility index (Phi) is 8.04. The molecule has 1 aromatic carbocycles. The Morgan fingerprint density at radius 1 is 0.970 bits per heavy atom. The second-order valence-electron chi connectivity index (χ2n) is 8.34. The molecule has 0 radical (unpaired) electrons. The average Bonchev–Trinajstić information content (AvgIpc) is 2.79. The maximum absolute atomic E-state index is 13.4. The van der Waals surface area contributed by atoms with Crippen molar-refractivity contribution in [1.82, 2.24) is 0 Å². The van der Waals surface area contributed by atoms with Crippen molar-refractivity contribution in [1.29, 1.82) is 0 Å². The van der Waals surface area contributed by atoms with E-state index in [0.29, 0.717) is 47.4 Å². The van der Waals surface area contributed by atoms with Gasteiger partial charge >= 0.3 is 0 Å². The van der Waals surface area contributed by atoms with E-state index < -0.39 is 12.0 Å². The third-order valence-corrected chi connectivity index (χ3v) is 5.33. The smallest absolute Gasteiger partial charge is 0.181 e. The molecule has 1 aromatic rings. The van der Waals surface area contributed by atoms with Crippen LogP contribution in [0.4, 0.5) is 0 Å². The fraction of sp³-hybridized carbons (Fsp3) is 0.370. The highest BCUT2D eigenvalue weighted by atomic mass is 16.5. The fourth-order valence-electron chi connectivity index (χ4n) is 3.49. The zero-order valence-corrected chi connectivity index (χ0v) is 20.1. The van der Waals surface area contributed by atoms with Crippen molar-refractivity contribution in [2.45, 2.75) is 33.8 Å². The van der Waals surface area contributed by atoms with Crippen LogP contribution < -0.4 is 9.47 Å². The standard InChI is InChI=1S/C27H32O6/c1-17(2)9-11-31-22-8-7-19(13-23(22)32-12-10-18(3)4)21-16-33-25-15-20(29-5)14-24(30-6)26(25)27(21)28/h7-10,13-16,25-26H,11-12H2,1-6H3. The molecule has 2 atom stereocenters. The monoisotopic (exact) mass is 452 g/mol. The Balaban J connectivity index is 1.91. The van der Waals surface area contributed by atoms with Crippen LogP contribution in [0.5, 0.6) is 11.5 Å². The normalized spacial score (nSPS) is 19.1. The van der Waals surface area contributed by atoms with Crippen molar-refractivity contribution in [3.63, 3.8) is 0 Å². The minimum Gasteiger partial charge on any atom is -0.500 e. The summed E-state index contributed by atoms with van der Waals surface area (Å²) in [6.45, 7) is 8.91. The number of hydrogen-bond acceptors (Lipinski definition) is 6. The van der Waals surface area contributed by atoms with E-state index in [2.05, 4.69) is 0 Å². The van der Waals surface area contributed by atoms with Gasteiger partial charge in [-0.1, -0.05) is 17.2 Å². The number of hydrogen-bond donors (Lipinski definition) is 0. The van der Waals surface area contributed by atoms with Crippen LogP contribution in [0.2, 0.25) is 0 Å². The molecule has 1 aliphatic carbocycles. The summed E-state index contributed by atoms with van der Waals surface area (Å²) in [7, 11) is 3.11. The number of rotatable bonds is 9.